The third kappa shape index (κ3) is 5.74. The molecule has 0 heterocycles. The van der Waals surface area contributed by atoms with Crippen molar-refractivity contribution >= 4 is 5.91 Å². The van der Waals surface area contributed by atoms with Crippen molar-refractivity contribution in [1.29, 1.82) is 0 Å². The monoisotopic (exact) mass is 216 g/mol. The van der Waals surface area contributed by atoms with Gasteiger partial charge in [-0.2, -0.15) is 0 Å². The number of carbonyl (C=O) groups excluding carboxylic acids is 1. The summed E-state index contributed by atoms with van der Waals surface area (Å²) >= 11 is 0. The van der Waals surface area contributed by atoms with Crippen molar-refractivity contribution in [3.8, 4) is 0 Å². The van der Waals surface area contributed by atoms with Gasteiger partial charge in [-0.3, -0.25) is 4.79 Å². The van der Waals surface area contributed by atoms with Gasteiger partial charge in [0.25, 0.3) is 0 Å². The zero-order chi connectivity index (χ0) is 12.1. The molecule has 0 bridgehead atoms. The standard InChI is InChI=1S/C11H24N2O2/c1-5-8(14)6-7-13-10(15)9(12)11(2,3)4/h8-9,14H,5-7,12H2,1-4H3,(H,13,15)/t8?,9-/m0/s1. The molecule has 0 saturated heterocycles. The Bertz CT molecular complexity index is 199. The van der Waals surface area contributed by atoms with E-state index in [4.69, 9.17) is 5.73 Å². The predicted molar refractivity (Wildman–Crippen MR) is 61.4 cm³/mol. The van der Waals surface area contributed by atoms with E-state index in [1.54, 1.807) is 0 Å². The lowest BCUT2D eigenvalue weighted by Crippen LogP contribution is -2.49. The molecule has 1 amide bonds. The average molecular weight is 216 g/mol. The van der Waals surface area contributed by atoms with Gasteiger partial charge in [-0.05, 0) is 18.3 Å². The van der Waals surface area contributed by atoms with Crippen LogP contribution in [0.5, 0.6) is 0 Å². The molecule has 0 aromatic rings. The molecule has 0 aromatic heterocycles. The fourth-order valence-corrected chi connectivity index (χ4v) is 1.07. The summed E-state index contributed by atoms with van der Waals surface area (Å²) in [5.74, 6) is -0.147. The molecule has 0 aliphatic heterocycles. The second-order valence-corrected chi connectivity index (χ2v) is 4.99. The third-order valence-corrected chi connectivity index (χ3v) is 2.46. The Labute approximate surface area is 92.2 Å². The highest BCUT2D eigenvalue weighted by molar-refractivity contribution is 5.82. The molecule has 0 rings (SSSR count). The van der Waals surface area contributed by atoms with Crippen molar-refractivity contribution in [2.24, 2.45) is 11.1 Å². The quantitative estimate of drug-likeness (QED) is 0.631. The molecule has 4 nitrogen and oxygen atoms in total. The average Bonchev–Trinajstić information content (AvgIpc) is 2.14. The Morgan fingerprint density at radius 1 is 1.47 bits per heavy atom. The van der Waals surface area contributed by atoms with Crippen LogP contribution in [0.2, 0.25) is 0 Å². The smallest absolute Gasteiger partial charge is 0.237 e. The molecule has 1 unspecified atom stereocenters. The molecule has 0 saturated carbocycles. The van der Waals surface area contributed by atoms with Crippen LogP contribution in [0.1, 0.15) is 40.5 Å². The van der Waals surface area contributed by atoms with E-state index in [0.717, 1.165) is 0 Å². The first-order valence-corrected chi connectivity index (χ1v) is 5.50. The van der Waals surface area contributed by atoms with Gasteiger partial charge in [-0.15, -0.1) is 0 Å². The fraction of sp³-hybridized carbons (Fsp3) is 0.909. The summed E-state index contributed by atoms with van der Waals surface area (Å²) in [4.78, 5) is 11.5. The zero-order valence-electron chi connectivity index (χ0n) is 10.2. The van der Waals surface area contributed by atoms with Crippen molar-refractivity contribution in [3.63, 3.8) is 0 Å². The maximum absolute atomic E-state index is 11.5. The highest BCUT2D eigenvalue weighted by atomic mass is 16.3. The van der Waals surface area contributed by atoms with Gasteiger partial charge in [0.05, 0.1) is 12.1 Å². The lowest BCUT2D eigenvalue weighted by molar-refractivity contribution is -0.124. The lowest BCUT2D eigenvalue weighted by Gasteiger charge is -2.25. The van der Waals surface area contributed by atoms with Gasteiger partial charge in [0, 0.05) is 6.54 Å². The van der Waals surface area contributed by atoms with Crippen LogP contribution >= 0.6 is 0 Å². The Morgan fingerprint density at radius 3 is 2.40 bits per heavy atom. The lowest BCUT2D eigenvalue weighted by atomic mass is 9.87. The zero-order valence-corrected chi connectivity index (χ0v) is 10.2. The van der Waals surface area contributed by atoms with Gasteiger partial charge >= 0.3 is 0 Å². The summed E-state index contributed by atoms with van der Waals surface area (Å²) in [6, 6.07) is -0.503. The van der Waals surface area contributed by atoms with Crippen LogP contribution in [0.4, 0.5) is 0 Å². The maximum atomic E-state index is 11.5. The minimum Gasteiger partial charge on any atom is -0.393 e. The first-order valence-electron chi connectivity index (χ1n) is 5.50. The summed E-state index contributed by atoms with van der Waals surface area (Å²) in [6.45, 7) is 8.18. The summed E-state index contributed by atoms with van der Waals surface area (Å²) in [6.07, 6.45) is 0.955. The number of aliphatic hydroxyl groups excluding tert-OH is 1. The number of carbonyl (C=O) groups is 1. The van der Waals surface area contributed by atoms with Gasteiger partial charge in [0.2, 0.25) is 5.91 Å². The maximum Gasteiger partial charge on any atom is 0.237 e. The van der Waals surface area contributed by atoms with Crippen molar-refractivity contribution in [2.45, 2.75) is 52.7 Å². The first-order chi connectivity index (χ1) is 6.79. The predicted octanol–water partition coefficient (Wildman–Crippen LogP) is 0.637. The molecule has 2 atom stereocenters. The second kappa shape index (κ2) is 6.08. The van der Waals surface area contributed by atoms with Crippen molar-refractivity contribution in [3.05, 3.63) is 0 Å². The second-order valence-electron chi connectivity index (χ2n) is 4.99. The number of nitrogens with one attached hydrogen (secondary N) is 1. The SMILES string of the molecule is CCC(O)CCNC(=O)[C@H](N)C(C)(C)C. The molecule has 0 aliphatic carbocycles. The fourth-order valence-electron chi connectivity index (χ4n) is 1.07. The Kier molecular flexibility index (Phi) is 5.83. The van der Waals surface area contributed by atoms with E-state index in [0.29, 0.717) is 19.4 Å². The van der Waals surface area contributed by atoms with Crippen LogP contribution in [-0.2, 0) is 4.79 Å². The molecule has 4 N–H and O–H groups in total. The first kappa shape index (κ1) is 14.4. The normalized spacial score (nSPS) is 15.9. The van der Waals surface area contributed by atoms with E-state index >= 15 is 0 Å². The number of hydrogen-bond acceptors (Lipinski definition) is 3. The molecule has 15 heavy (non-hydrogen) atoms. The van der Waals surface area contributed by atoms with E-state index in [1.807, 2.05) is 27.7 Å². The van der Waals surface area contributed by atoms with Crippen LogP contribution in [-0.4, -0.2) is 29.7 Å². The van der Waals surface area contributed by atoms with E-state index in [-0.39, 0.29) is 17.4 Å². The van der Waals surface area contributed by atoms with Crippen molar-refractivity contribution in [1.82, 2.24) is 5.32 Å². The molecule has 90 valence electrons. The molecule has 0 aromatic carbocycles. The summed E-state index contributed by atoms with van der Waals surface area (Å²) in [7, 11) is 0. The number of amides is 1. The van der Waals surface area contributed by atoms with Crippen LogP contribution in [0, 0.1) is 5.41 Å². The Morgan fingerprint density at radius 2 is 2.00 bits per heavy atom. The number of nitrogens with two attached hydrogens (primary N) is 1. The highest BCUT2D eigenvalue weighted by Gasteiger charge is 2.26. The van der Waals surface area contributed by atoms with E-state index in [2.05, 4.69) is 5.32 Å². The molecule has 0 spiro atoms. The third-order valence-electron chi connectivity index (χ3n) is 2.46. The van der Waals surface area contributed by atoms with Crippen LogP contribution in [0.3, 0.4) is 0 Å². The topological polar surface area (TPSA) is 75.3 Å². The highest BCUT2D eigenvalue weighted by Crippen LogP contribution is 2.17. The molecular formula is C11H24N2O2. The minimum absolute atomic E-state index is 0.147. The Hall–Kier alpha value is -0.610. The Balaban J connectivity index is 3.85. The largest absolute Gasteiger partial charge is 0.393 e. The van der Waals surface area contributed by atoms with Crippen molar-refractivity contribution < 1.29 is 9.90 Å². The van der Waals surface area contributed by atoms with Gasteiger partial charge in [-0.25, -0.2) is 0 Å². The molecule has 4 heteroatoms. The number of hydrogen-bond donors (Lipinski definition) is 3. The van der Waals surface area contributed by atoms with Gasteiger partial charge < -0.3 is 16.2 Å². The molecule has 0 fully saturated rings. The number of rotatable bonds is 5. The van der Waals surface area contributed by atoms with Crippen molar-refractivity contribution in [2.75, 3.05) is 6.54 Å². The summed E-state index contributed by atoms with van der Waals surface area (Å²) < 4.78 is 0. The molecule has 0 aliphatic rings. The van der Waals surface area contributed by atoms with E-state index in [1.165, 1.54) is 0 Å². The summed E-state index contributed by atoms with van der Waals surface area (Å²) in [5, 5.41) is 12.0. The van der Waals surface area contributed by atoms with Gasteiger partial charge in [-0.1, -0.05) is 27.7 Å². The van der Waals surface area contributed by atoms with Gasteiger partial charge in [0.15, 0.2) is 0 Å². The van der Waals surface area contributed by atoms with Crippen LogP contribution < -0.4 is 11.1 Å². The van der Waals surface area contributed by atoms with Gasteiger partial charge in [0.1, 0.15) is 0 Å². The molecular weight excluding hydrogens is 192 g/mol. The number of aliphatic hydroxyl groups is 1. The summed E-state index contributed by atoms with van der Waals surface area (Å²) in [5.41, 5.74) is 5.54. The van der Waals surface area contributed by atoms with Crippen LogP contribution in [0.25, 0.3) is 0 Å². The van der Waals surface area contributed by atoms with E-state index < -0.39 is 6.04 Å². The van der Waals surface area contributed by atoms with E-state index in [9.17, 15) is 9.90 Å². The molecule has 0 radical (unpaired) electrons. The van der Waals surface area contributed by atoms with Crippen LogP contribution in [0.15, 0.2) is 0 Å². The minimum atomic E-state index is -0.503.